The maximum absolute atomic E-state index is 12.0. The van der Waals surface area contributed by atoms with Crippen LogP contribution in [0.5, 0.6) is 5.75 Å². The molecule has 0 saturated carbocycles. The standard InChI is InChI=1S/C15H22N2O2/c1-11-3-2-9-16-14(11)15(19)17-10-8-12-4-6-13(18)7-5-12/h4-7,11,14,16,18H,2-3,8-10H2,1H3,(H,17,19). The molecule has 3 N–H and O–H groups in total. The SMILES string of the molecule is CC1CCCNC1C(=O)NCCc1ccc(O)cc1. The lowest BCUT2D eigenvalue weighted by Gasteiger charge is -2.28. The van der Waals surface area contributed by atoms with E-state index in [1.165, 1.54) is 0 Å². The fourth-order valence-electron chi connectivity index (χ4n) is 2.50. The summed E-state index contributed by atoms with van der Waals surface area (Å²) in [4.78, 5) is 12.0. The number of phenolic OH excluding ortho intramolecular Hbond substituents is 1. The highest BCUT2D eigenvalue weighted by Crippen LogP contribution is 2.15. The number of phenols is 1. The minimum Gasteiger partial charge on any atom is -0.508 e. The van der Waals surface area contributed by atoms with Gasteiger partial charge in [-0.05, 0) is 49.4 Å². The first kappa shape index (κ1) is 13.9. The fourth-order valence-corrected chi connectivity index (χ4v) is 2.50. The van der Waals surface area contributed by atoms with Crippen LogP contribution in [0.25, 0.3) is 0 Å². The summed E-state index contributed by atoms with van der Waals surface area (Å²) >= 11 is 0. The predicted molar refractivity (Wildman–Crippen MR) is 75.0 cm³/mol. The number of carbonyl (C=O) groups excluding carboxylic acids is 1. The van der Waals surface area contributed by atoms with Crippen LogP contribution in [-0.2, 0) is 11.2 Å². The van der Waals surface area contributed by atoms with Gasteiger partial charge in [-0.3, -0.25) is 4.79 Å². The van der Waals surface area contributed by atoms with Crippen molar-refractivity contribution >= 4 is 5.91 Å². The minimum absolute atomic E-state index is 0.0476. The number of hydrogen-bond acceptors (Lipinski definition) is 3. The highest BCUT2D eigenvalue weighted by molar-refractivity contribution is 5.82. The molecule has 4 nitrogen and oxygen atoms in total. The Morgan fingerprint density at radius 1 is 1.42 bits per heavy atom. The average Bonchev–Trinajstić information content (AvgIpc) is 2.41. The number of nitrogens with one attached hydrogen (secondary N) is 2. The number of piperidine rings is 1. The summed E-state index contributed by atoms with van der Waals surface area (Å²) in [7, 11) is 0. The van der Waals surface area contributed by atoms with Gasteiger partial charge in [0.15, 0.2) is 0 Å². The van der Waals surface area contributed by atoms with Crippen molar-refractivity contribution in [3.05, 3.63) is 29.8 Å². The first-order chi connectivity index (χ1) is 9.16. The van der Waals surface area contributed by atoms with Gasteiger partial charge in [0.1, 0.15) is 5.75 Å². The summed E-state index contributed by atoms with van der Waals surface area (Å²) in [5.41, 5.74) is 1.11. The van der Waals surface area contributed by atoms with Crippen LogP contribution in [0.15, 0.2) is 24.3 Å². The Hall–Kier alpha value is -1.55. The Kier molecular flexibility index (Phi) is 4.80. The van der Waals surface area contributed by atoms with Crippen LogP contribution >= 0.6 is 0 Å². The van der Waals surface area contributed by atoms with Gasteiger partial charge in [0, 0.05) is 6.54 Å². The highest BCUT2D eigenvalue weighted by Gasteiger charge is 2.26. The molecule has 19 heavy (non-hydrogen) atoms. The molecule has 0 aromatic heterocycles. The largest absolute Gasteiger partial charge is 0.508 e. The molecule has 104 valence electrons. The zero-order valence-electron chi connectivity index (χ0n) is 11.4. The lowest BCUT2D eigenvalue weighted by molar-refractivity contribution is -0.124. The molecule has 2 rings (SSSR count). The van der Waals surface area contributed by atoms with Crippen molar-refractivity contribution in [2.24, 2.45) is 5.92 Å². The quantitative estimate of drug-likeness (QED) is 0.769. The van der Waals surface area contributed by atoms with E-state index in [-0.39, 0.29) is 17.7 Å². The Morgan fingerprint density at radius 2 is 2.16 bits per heavy atom. The molecule has 1 aromatic rings. The topological polar surface area (TPSA) is 61.4 Å². The Balaban J connectivity index is 1.75. The molecule has 4 heteroatoms. The van der Waals surface area contributed by atoms with Crippen molar-refractivity contribution in [2.45, 2.75) is 32.2 Å². The average molecular weight is 262 g/mol. The van der Waals surface area contributed by atoms with Gasteiger partial charge >= 0.3 is 0 Å². The fraction of sp³-hybridized carbons (Fsp3) is 0.533. The van der Waals surface area contributed by atoms with E-state index in [1.807, 2.05) is 12.1 Å². The van der Waals surface area contributed by atoms with Crippen LogP contribution in [0, 0.1) is 5.92 Å². The number of aromatic hydroxyl groups is 1. The molecular formula is C15H22N2O2. The number of carbonyl (C=O) groups is 1. The normalized spacial score (nSPS) is 23.0. The molecule has 2 unspecified atom stereocenters. The van der Waals surface area contributed by atoms with E-state index in [1.54, 1.807) is 12.1 Å². The third kappa shape index (κ3) is 3.96. The zero-order chi connectivity index (χ0) is 13.7. The van der Waals surface area contributed by atoms with Crippen LogP contribution in [-0.4, -0.2) is 30.1 Å². The molecule has 0 spiro atoms. The van der Waals surface area contributed by atoms with Gasteiger partial charge in [0.25, 0.3) is 0 Å². The van der Waals surface area contributed by atoms with E-state index in [2.05, 4.69) is 17.6 Å². The summed E-state index contributed by atoms with van der Waals surface area (Å²) in [5.74, 6) is 0.779. The molecule has 1 heterocycles. The van der Waals surface area contributed by atoms with Gasteiger partial charge in [-0.25, -0.2) is 0 Å². The Bertz CT molecular complexity index is 417. The molecule has 0 aliphatic carbocycles. The third-order valence-corrected chi connectivity index (χ3v) is 3.70. The maximum atomic E-state index is 12.0. The van der Waals surface area contributed by atoms with Gasteiger partial charge in [-0.2, -0.15) is 0 Å². The van der Waals surface area contributed by atoms with Crippen LogP contribution < -0.4 is 10.6 Å². The van der Waals surface area contributed by atoms with Gasteiger partial charge < -0.3 is 15.7 Å². The van der Waals surface area contributed by atoms with E-state index in [4.69, 9.17) is 0 Å². The molecule has 1 saturated heterocycles. The van der Waals surface area contributed by atoms with Gasteiger partial charge in [-0.1, -0.05) is 19.1 Å². The summed E-state index contributed by atoms with van der Waals surface area (Å²) in [5, 5.41) is 15.5. The monoisotopic (exact) mass is 262 g/mol. The van der Waals surface area contributed by atoms with Crippen molar-refractivity contribution in [1.29, 1.82) is 0 Å². The van der Waals surface area contributed by atoms with Gasteiger partial charge in [-0.15, -0.1) is 0 Å². The molecular weight excluding hydrogens is 240 g/mol. The zero-order valence-corrected chi connectivity index (χ0v) is 11.4. The van der Waals surface area contributed by atoms with E-state index in [9.17, 15) is 9.90 Å². The van der Waals surface area contributed by atoms with Crippen LogP contribution in [0.3, 0.4) is 0 Å². The number of rotatable bonds is 4. The van der Waals surface area contributed by atoms with Crippen molar-refractivity contribution < 1.29 is 9.90 Å². The van der Waals surface area contributed by atoms with Crippen LogP contribution in [0.4, 0.5) is 0 Å². The maximum Gasteiger partial charge on any atom is 0.237 e. The smallest absolute Gasteiger partial charge is 0.237 e. The number of benzene rings is 1. The predicted octanol–water partition coefficient (Wildman–Crippen LogP) is 1.44. The van der Waals surface area contributed by atoms with E-state index in [0.29, 0.717) is 12.5 Å². The Labute approximate surface area is 114 Å². The van der Waals surface area contributed by atoms with E-state index in [0.717, 1.165) is 31.4 Å². The van der Waals surface area contributed by atoms with Crippen molar-refractivity contribution in [3.63, 3.8) is 0 Å². The summed E-state index contributed by atoms with van der Waals surface area (Å²) in [6, 6.07) is 7.05. The number of hydrogen-bond donors (Lipinski definition) is 3. The lowest BCUT2D eigenvalue weighted by atomic mass is 9.92. The van der Waals surface area contributed by atoms with Crippen LogP contribution in [0.1, 0.15) is 25.3 Å². The van der Waals surface area contributed by atoms with E-state index >= 15 is 0 Å². The molecule has 1 aliphatic heterocycles. The second kappa shape index (κ2) is 6.57. The molecule has 2 atom stereocenters. The summed E-state index contributed by atoms with van der Waals surface area (Å²) in [6.45, 7) is 3.69. The summed E-state index contributed by atoms with van der Waals surface area (Å²) in [6.07, 6.45) is 3.05. The third-order valence-electron chi connectivity index (χ3n) is 3.70. The van der Waals surface area contributed by atoms with E-state index < -0.39 is 0 Å². The first-order valence-electron chi connectivity index (χ1n) is 6.96. The van der Waals surface area contributed by atoms with Crippen molar-refractivity contribution in [1.82, 2.24) is 10.6 Å². The molecule has 1 aromatic carbocycles. The lowest BCUT2D eigenvalue weighted by Crippen LogP contribution is -2.51. The minimum atomic E-state index is -0.0476. The molecule has 0 bridgehead atoms. The van der Waals surface area contributed by atoms with Crippen molar-refractivity contribution in [2.75, 3.05) is 13.1 Å². The van der Waals surface area contributed by atoms with Gasteiger partial charge in [0.05, 0.1) is 6.04 Å². The second-order valence-electron chi connectivity index (χ2n) is 5.26. The molecule has 0 radical (unpaired) electrons. The van der Waals surface area contributed by atoms with Crippen LogP contribution in [0.2, 0.25) is 0 Å². The first-order valence-corrected chi connectivity index (χ1v) is 6.96. The molecule has 1 fully saturated rings. The molecule has 1 amide bonds. The molecule has 1 aliphatic rings. The Morgan fingerprint density at radius 3 is 2.84 bits per heavy atom. The highest BCUT2D eigenvalue weighted by atomic mass is 16.3. The van der Waals surface area contributed by atoms with Crippen molar-refractivity contribution in [3.8, 4) is 5.75 Å². The van der Waals surface area contributed by atoms with Gasteiger partial charge in [0.2, 0.25) is 5.91 Å². The number of amides is 1. The summed E-state index contributed by atoms with van der Waals surface area (Å²) < 4.78 is 0. The second-order valence-corrected chi connectivity index (χ2v) is 5.26.